The molecular formula is C15H21Cl2NOS. The van der Waals surface area contributed by atoms with Crippen LogP contribution in [0.15, 0.2) is 6.07 Å². The van der Waals surface area contributed by atoms with Crippen LogP contribution >= 0.6 is 34.5 Å². The molecule has 1 saturated carbocycles. The van der Waals surface area contributed by atoms with Crippen molar-refractivity contribution >= 4 is 34.5 Å². The second-order valence-electron chi connectivity index (χ2n) is 6.86. The lowest BCUT2D eigenvalue weighted by molar-refractivity contribution is -0.147. The maximum atomic E-state index is 6.49. The fraction of sp³-hybridized carbons (Fsp3) is 0.733. The van der Waals surface area contributed by atoms with Crippen molar-refractivity contribution < 1.29 is 4.74 Å². The molecule has 1 unspecified atom stereocenters. The standard InChI is InChI=1S/C15H21Cl2NOS/c1-14(2)3-5-15(6-4-14)9-18-8-11(19-15)10-7-12(16)20-13(10)17/h7,11,18H,3-6,8-9H2,1-2H3. The van der Waals surface area contributed by atoms with Gasteiger partial charge in [-0.3, -0.25) is 0 Å². The van der Waals surface area contributed by atoms with E-state index in [4.69, 9.17) is 27.9 Å². The van der Waals surface area contributed by atoms with Gasteiger partial charge >= 0.3 is 0 Å². The van der Waals surface area contributed by atoms with Crippen LogP contribution < -0.4 is 5.32 Å². The lowest BCUT2D eigenvalue weighted by atomic mass is 9.70. The van der Waals surface area contributed by atoms with E-state index < -0.39 is 0 Å². The molecular weight excluding hydrogens is 313 g/mol. The van der Waals surface area contributed by atoms with Gasteiger partial charge in [0.2, 0.25) is 0 Å². The molecule has 0 amide bonds. The van der Waals surface area contributed by atoms with Crippen LogP contribution in [0.3, 0.4) is 0 Å². The summed E-state index contributed by atoms with van der Waals surface area (Å²) >= 11 is 13.8. The second-order valence-corrected chi connectivity index (χ2v) is 9.15. The first-order chi connectivity index (χ1) is 9.39. The van der Waals surface area contributed by atoms with Crippen LogP contribution in [0.5, 0.6) is 0 Å². The van der Waals surface area contributed by atoms with E-state index >= 15 is 0 Å². The van der Waals surface area contributed by atoms with E-state index in [1.165, 1.54) is 24.2 Å². The summed E-state index contributed by atoms with van der Waals surface area (Å²) < 4.78 is 7.98. The molecule has 0 radical (unpaired) electrons. The minimum absolute atomic E-state index is 0.0177. The summed E-state index contributed by atoms with van der Waals surface area (Å²) in [7, 11) is 0. The highest BCUT2D eigenvalue weighted by Gasteiger charge is 2.43. The molecule has 2 heterocycles. The Morgan fingerprint density at radius 1 is 1.25 bits per heavy atom. The topological polar surface area (TPSA) is 21.3 Å². The minimum atomic E-state index is -0.0177. The Balaban J connectivity index is 1.75. The number of nitrogens with one attached hydrogen (secondary N) is 1. The van der Waals surface area contributed by atoms with Crippen LogP contribution in [0.4, 0.5) is 0 Å². The first-order valence-electron chi connectivity index (χ1n) is 7.23. The van der Waals surface area contributed by atoms with Crippen molar-refractivity contribution in [3.8, 4) is 0 Å². The number of morpholine rings is 1. The fourth-order valence-corrected chi connectivity index (χ4v) is 4.80. The predicted molar refractivity (Wildman–Crippen MR) is 86.0 cm³/mol. The molecule has 2 nitrogen and oxygen atoms in total. The molecule has 1 spiro atoms. The number of thiophene rings is 1. The average Bonchev–Trinajstić information content (AvgIpc) is 2.73. The summed E-state index contributed by atoms with van der Waals surface area (Å²) in [6.07, 6.45) is 4.72. The van der Waals surface area contributed by atoms with Crippen LogP contribution in [0, 0.1) is 5.41 Å². The van der Waals surface area contributed by atoms with E-state index in [0.29, 0.717) is 5.41 Å². The van der Waals surface area contributed by atoms with Crippen LogP contribution in [-0.2, 0) is 4.74 Å². The molecule has 5 heteroatoms. The third-order valence-corrected chi connectivity index (χ3v) is 6.23. The third kappa shape index (κ3) is 3.02. The van der Waals surface area contributed by atoms with Gasteiger partial charge in [0.1, 0.15) is 4.34 Å². The SMILES string of the molecule is CC1(C)CCC2(CC1)CNCC(c1cc(Cl)sc1Cl)O2. The highest BCUT2D eigenvalue weighted by Crippen LogP contribution is 2.46. The van der Waals surface area contributed by atoms with Gasteiger partial charge in [-0.05, 0) is 37.2 Å². The van der Waals surface area contributed by atoms with Gasteiger partial charge in [-0.15, -0.1) is 11.3 Å². The van der Waals surface area contributed by atoms with Crippen molar-refractivity contribution in [3.63, 3.8) is 0 Å². The smallest absolute Gasteiger partial charge is 0.100 e. The summed E-state index contributed by atoms with van der Waals surface area (Å²) in [5.41, 5.74) is 1.47. The van der Waals surface area contributed by atoms with E-state index in [1.807, 2.05) is 6.07 Å². The zero-order valence-electron chi connectivity index (χ0n) is 12.0. The predicted octanol–water partition coefficient (Wildman–Crippen LogP) is 5.05. The molecule has 3 rings (SSSR count). The molecule has 1 aromatic heterocycles. The monoisotopic (exact) mass is 333 g/mol. The zero-order chi connectivity index (χ0) is 14.4. The van der Waals surface area contributed by atoms with E-state index in [1.54, 1.807) is 0 Å². The second kappa shape index (κ2) is 5.44. The fourth-order valence-electron chi connectivity index (χ4n) is 3.24. The number of rotatable bonds is 1. The summed E-state index contributed by atoms with van der Waals surface area (Å²) in [5, 5.41) is 3.54. The normalized spacial score (nSPS) is 28.7. The van der Waals surface area contributed by atoms with Gasteiger partial charge in [0.25, 0.3) is 0 Å². The lowest BCUT2D eigenvalue weighted by Crippen LogP contribution is -2.53. The van der Waals surface area contributed by atoms with Gasteiger partial charge in [-0.1, -0.05) is 37.0 Å². The van der Waals surface area contributed by atoms with Gasteiger partial charge in [0, 0.05) is 18.7 Å². The van der Waals surface area contributed by atoms with Gasteiger partial charge in [0.05, 0.1) is 16.0 Å². The van der Waals surface area contributed by atoms with E-state index in [9.17, 15) is 0 Å². The van der Waals surface area contributed by atoms with Crippen molar-refractivity contribution in [2.75, 3.05) is 13.1 Å². The molecule has 1 aliphatic carbocycles. The molecule has 1 aliphatic heterocycles. The Morgan fingerprint density at radius 2 is 1.95 bits per heavy atom. The first-order valence-corrected chi connectivity index (χ1v) is 8.80. The summed E-state index contributed by atoms with van der Waals surface area (Å²) in [5.74, 6) is 0. The Bertz CT molecular complexity index is 490. The van der Waals surface area contributed by atoms with Crippen LogP contribution in [-0.4, -0.2) is 18.7 Å². The molecule has 0 bridgehead atoms. The molecule has 1 atom stereocenters. The molecule has 1 saturated heterocycles. The summed E-state index contributed by atoms with van der Waals surface area (Å²) in [6, 6.07) is 1.95. The molecule has 112 valence electrons. The maximum Gasteiger partial charge on any atom is 0.100 e. The van der Waals surface area contributed by atoms with Crippen molar-refractivity contribution in [1.82, 2.24) is 5.32 Å². The molecule has 0 aromatic carbocycles. The summed E-state index contributed by atoms with van der Waals surface area (Å²) in [6.45, 7) is 6.47. The zero-order valence-corrected chi connectivity index (χ0v) is 14.3. The number of hydrogen-bond acceptors (Lipinski definition) is 3. The number of ether oxygens (including phenoxy) is 1. The van der Waals surface area contributed by atoms with Gasteiger partial charge in [0.15, 0.2) is 0 Å². The summed E-state index contributed by atoms with van der Waals surface area (Å²) in [4.78, 5) is 0. The lowest BCUT2D eigenvalue weighted by Gasteiger charge is -2.48. The van der Waals surface area contributed by atoms with Crippen LogP contribution in [0.1, 0.15) is 51.2 Å². The van der Waals surface area contributed by atoms with Gasteiger partial charge < -0.3 is 10.1 Å². The molecule has 1 aromatic rings. The molecule has 2 aliphatic rings. The highest BCUT2D eigenvalue weighted by molar-refractivity contribution is 7.20. The van der Waals surface area contributed by atoms with Crippen molar-refractivity contribution in [1.29, 1.82) is 0 Å². The quantitative estimate of drug-likeness (QED) is 0.775. The van der Waals surface area contributed by atoms with E-state index in [-0.39, 0.29) is 11.7 Å². The number of halogens is 2. The highest BCUT2D eigenvalue weighted by atomic mass is 35.5. The van der Waals surface area contributed by atoms with E-state index in [2.05, 4.69) is 19.2 Å². The first kappa shape index (κ1) is 15.1. The largest absolute Gasteiger partial charge is 0.364 e. The Hall–Kier alpha value is 0.200. The van der Waals surface area contributed by atoms with Crippen molar-refractivity contribution in [2.45, 2.75) is 51.2 Å². The van der Waals surface area contributed by atoms with Crippen molar-refractivity contribution in [3.05, 3.63) is 20.3 Å². The molecule has 2 fully saturated rings. The van der Waals surface area contributed by atoms with Crippen molar-refractivity contribution in [2.24, 2.45) is 5.41 Å². The Kier molecular flexibility index (Phi) is 4.11. The Labute approximate surface area is 134 Å². The van der Waals surface area contributed by atoms with Crippen LogP contribution in [0.2, 0.25) is 8.67 Å². The van der Waals surface area contributed by atoms with E-state index in [0.717, 1.165) is 40.2 Å². The minimum Gasteiger partial charge on any atom is -0.364 e. The third-order valence-electron chi connectivity index (χ3n) is 4.71. The molecule has 1 N–H and O–H groups in total. The maximum absolute atomic E-state index is 6.49. The Morgan fingerprint density at radius 3 is 2.55 bits per heavy atom. The van der Waals surface area contributed by atoms with Crippen LogP contribution in [0.25, 0.3) is 0 Å². The average molecular weight is 334 g/mol. The molecule has 20 heavy (non-hydrogen) atoms. The van der Waals surface area contributed by atoms with Gasteiger partial charge in [-0.25, -0.2) is 0 Å². The van der Waals surface area contributed by atoms with Gasteiger partial charge in [-0.2, -0.15) is 0 Å². The number of hydrogen-bond donors (Lipinski definition) is 1.